The van der Waals surface area contributed by atoms with Gasteiger partial charge in [0.15, 0.2) is 11.5 Å². The Balaban J connectivity index is 1.50. The first-order chi connectivity index (χ1) is 10.3. The monoisotopic (exact) mass is 301 g/mol. The molecule has 1 aromatic heterocycles. The summed E-state index contributed by atoms with van der Waals surface area (Å²) in [5.41, 5.74) is 1.13. The third-order valence-electron chi connectivity index (χ3n) is 3.65. The zero-order valence-corrected chi connectivity index (χ0v) is 12.2. The zero-order chi connectivity index (χ0) is 14.2. The molecule has 0 saturated heterocycles. The Hall–Kier alpha value is -2.08. The van der Waals surface area contributed by atoms with Gasteiger partial charge in [0.1, 0.15) is 16.3 Å². The molecule has 108 valence electrons. The zero-order valence-electron chi connectivity index (χ0n) is 11.4. The van der Waals surface area contributed by atoms with Gasteiger partial charge in [-0.2, -0.15) is 0 Å². The Kier molecular flexibility index (Phi) is 3.03. The number of hydrogen-bond donors (Lipinski definition) is 2. The number of anilines is 1. The molecular formula is C15H15N3O2S. The Morgan fingerprint density at radius 2 is 2.10 bits per heavy atom. The molecule has 2 N–H and O–H groups in total. The van der Waals surface area contributed by atoms with Gasteiger partial charge in [-0.15, -0.1) is 0 Å². The number of nitrogens with one attached hydrogen (secondary N) is 2. The molecule has 1 fully saturated rings. The molecule has 0 bridgehead atoms. The fourth-order valence-electron chi connectivity index (χ4n) is 2.37. The van der Waals surface area contributed by atoms with Crippen LogP contribution in [0.2, 0.25) is 0 Å². The molecule has 6 heteroatoms. The lowest BCUT2D eigenvalue weighted by atomic mass is 10.2. The molecule has 1 saturated carbocycles. The predicted octanol–water partition coefficient (Wildman–Crippen LogP) is 3.36. The minimum atomic E-state index is 0.300. The number of hydrogen-bond acceptors (Lipinski definition) is 5. The van der Waals surface area contributed by atoms with Crippen molar-refractivity contribution in [1.82, 2.24) is 9.97 Å². The van der Waals surface area contributed by atoms with Crippen LogP contribution in [-0.4, -0.2) is 16.8 Å². The molecule has 5 nitrogen and oxygen atoms in total. The molecule has 2 aromatic rings. The van der Waals surface area contributed by atoms with Crippen molar-refractivity contribution in [3.63, 3.8) is 0 Å². The summed E-state index contributed by atoms with van der Waals surface area (Å²) in [4.78, 5) is 7.71. The largest absolute Gasteiger partial charge is 0.454 e. The molecule has 4 rings (SSSR count). The van der Waals surface area contributed by atoms with Crippen molar-refractivity contribution < 1.29 is 9.47 Å². The smallest absolute Gasteiger partial charge is 0.231 e. The van der Waals surface area contributed by atoms with Crippen molar-refractivity contribution in [2.75, 3.05) is 12.1 Å². The second-order valence-electron chi connectivity index (χ2n) is 5.33. The van der Waals surface area contributed by atoms with Gasteiger partial charge in [-0.25, -0.2) is 4.98 Å². The summed E-state index contributed by atoms with van der Waals surface area (Å²) in [7, 11) is 0. The highest BCUT2D eigenvalue weighted by molar-refractivity contribution is 7.71. The Bertz CT molecular complexity index is 740. The number of benzene rings is 1. The lowest BCUT2D eigenvalue weighted by Gasteiger charge is -2.09. The number of aromatic amines is 1. The molecule has 1 aliphatic carbocycles. The van der Waals surface area contributed by atoms with Crippen LogP contribution in [0.3, 0.4) is 0 Å². The standard InChI is InChI=1S/C15H15N3O2S/c21-14-6-13(17-15(18-14)10-2-3-10)16-7-9-1-4-11-12(5-9)20-8-19-11/h1,4-6,10H,2-3,7-8H2,(H2,16,17,18,21). The van der Waals surface area contributed by atoms with E-state index in [1.54, 1.807) is 0 Å². The summed E-state index contributed by atoms with van der Waals surface area (Å²) in [6.45, 7) is 0.991. The highest BCUT2D eigenvalue weighted by Crippen LogP contribution is 2.38. The first-order valence-corrected chi connectivity index (χ1v) is 7.42. The lowest BCUT2D eigenvalue weighted by Crippen LogP contribution is -2.04. The van der Waals surface area contributed by atoms with E-state index in [2.05, 4.69) is 15.3 Å². The van der Waals surface area contributed by atoms with Crippen molar-refractivity contribution in [1.29, 1.82) is 0 Å². The van der Waals surface area contributed by atoms with Crippen LogP contribution in [0.4, 0.5) is 5.82 Å². The summed E-state index contributed by atoms with van der Waals surface area (Å²) < 4.78 is 11.3. The van der Waals surface area contributed by atoms with E-state index in [1.807, 2.05) is 24.3 Å². The van der Waals surface area contributed by atoms with E-state index in [-0.39, 0.29) is 0 Å². The van der Waals surface area contributed by atoms with Crippen molar-refractivity contribution in [2.45, 2.75) is 25.3 Å². The summed E-state index contributed by atoms with van der Waals surface area (Å²) in [5, 5.41) is 3.36. The van der Waals surface area contributed by atoms with E-state index in [0.29, 0.717) is 23.9 Å². The molecule has 1 aliphatic heterocycles. The molecule has 0 amide bonds. The maximum atomic E-state index is 5.38. The third kappa shape index (κ3) is 2.71. The average Bonchev–Trinajstić information content (AvgIpc) is 3.23. The van der Waals surface area contributed by atoms with Crippen LogP contribution >= 0.6 is 12.2 Å². The summed E-state index contributed by atoms with van der Waals surface area (Å²) in [6, 6.07) is 7.81. The predicted molar refractivity (Wildman–Crippen MR) is 81.3 cm³/mol. The van der Waals surface area contributed by atoms with Gasteiger partial charge in [0.05, 0.1) is 0 Å². The number of ether oxygens (including phenoxy) is 2. The molecule has 2 aliphatic rings. The second kappa shape index (κ2) is 5.04. The van der Waals surface area contributed by atoms with Crippen LogP contribution in [0.15, 0.2) is 24.3 Å². The fourth-order valence-corrected chi connectivity index (χ4v) is 2.59. The third-order valence-corrected chi connectivity index (χ3v) is 3.85. The number of rotatable bonds is 4. The SMILES string of the molecule is S=c1cc(NCc2ccc3c(c2)OCO3)[nH]c(C2CC2)n1. The summed E-state index contributed by atoms with van der Waals surface area (Å²) in [5.74, 6) is 4.07. The van der Waals surface area contributed by atoms with Crippen LogP contribution in [0.5, 0.6) is 11.5 Å². The topological polar surface area (TPSA) is 59.2 Å². The molecule has 0 spiro atoms. The van der Waals surface area contributed by atoms with Crippen LogP contribution in [0.1, 0.15) is 30.1 Å². The van der Waals surface area contributed by atoms with Gasteiger partial charge in [-0.05, 0) is 30.5 Å². The van der Waals surface area contributed by atoms with E-state index >= 15 is 0 Å². The fraction of sp³-hybridized carbons (Fsp3) is 0.333. The van der Waals surface area contributed by atoms with E-state index < -0.39 is 0 Å². The van der Waals surface area contributed by atoms with Gasteiger partial charge in [-0.3, -0.25) is 0 Å². The van der Waals surface area contributed by atoms with Gasteiger partial charge >= 0.3 is 0 Å². The van der Waals surface area contributed by atoms with Crippen LogP contribution in [0.25, 0.3) is 0 Å². The van der Waals surface area contributed by atoms with Gasteiger partial charge in [-0.1, -0.05) is 18.3 Å². The lowest BCUT2D eigenvalue weighted by molar-refractivity contribution is 0.174. The van der Waals surface area contributed by atoms with Crippen molar-refractivity contribution in [2.24, 2.45) is 0 Å². The van der Waals surface area contributed by atoms with E-state index in [9.17, 15) is 0 Å². The number of H-pyrrole nitrogens is 1. The number of aromatic nitrogens is 2. The number of nitrogens with zero attached hydrogens (tertiary/aromatic N) is 1. The number of fused-ring (bicyclic) bond motifs is 1. The molecule has 0 radical (unpaired) electrons. The van der Waals surface area contributed by atoms with E-state index in [1.165, 1.54) is 12.8 Å². The van der Waals surface area contributed by atoms with Gasteiger partial charge in [0.25, 0.3) is 0 Å². The van der Waals surface area contributed by atoms with Gasteiger partial charge < -0.3 is 19.8 Å². The minimum Gasteiger partial charge on any atom is -0.454 e. The molecular weight excluding hydrogens is 286 g/mol. The first kappa shape index (κ1) is 12.6. The first-order valence-electron chi connectivity index (χ1n) is 7.01. The maximum absolute atomic E-state index is 5.38. The maximum Gasteiger partial charge on any atom is 0.231 e. The van der Waals surface area contributed by atoms with Crippen LogP contribution in [-0.2, 0) is 6.54 Å². The Morgan fingerprint density at radius 3 is 2.95 bits per heavy atom. The van der Waals surface area contributed by atoms with Crippen LogP contribution in [0, 0.1) is 4.64 Å². The minimum absolute atomic E-state index is 0.300. The normalized spacial score (nSPS) is 16.0. The second-order valence-corrected chi connectivity index (χ2v) is 5.75. The van der Waals surface area contributed by atoms with Gasteiger partial charge in [0, 0.05) is 18.5 Å². The van der Waals surface area contributed by atoms with E-state index in [0.717, 1.165) is 28.7 Å². The molecule has 0 unspecified atom stereocenters. The van der Waals surface area contributed by atoms with Crippen LogP contribution < -0.4 is 14.8 Å². The summed E-state index contributed by atoms with van der Waals surface area (Å²) >= 11 is 5.22. The van der Waals surface area contributed by atoms with Gasteiger partial charge in [0.2, 0.25) is 6.79 Å². The molecule has 2 heterocycles. The van der Waals surface area contributed by atoms with Crippen molar-refractivity contribution >= 4 is 18.0 Å². The quantitative estimate of drug-likeness (QED) is 0.848. The summed E-state index contributed by atoms with van der Waals surface area (Å²) in [6.07, 6.45) is 2.40. The average molecular weight is 301 g/mol. The Morgan fingerprint density at radius 1 is 1.24 bits per heavy atom. The Labute approximate surface area is 127 Å². The molecule has 21 heavy (non-hydrogen) atoms. The highest BCUT2D eigenvalue weighted by atomic mass is 32.1. The van der Waals surface area contributed by atoms with Crippen molar-refractivity contribution in [3.05, 3.63) is 40.3 Å². The molecule has 1 aromatic carbocycles. The highest BCUT2D eigenvalue weighted by Gasteiger charge is 2.26. The molecule has 0 atom stereocenters. The van der Waals surface area contributed by atoms with E-state index in [4.69, 9.17) is 21.7 Å². The van der Waals surface area contributed by atoms with Crippen molar-refractivity contribution in [3.8, 4) is 11.5 Å².